The van der Waals surface area contributed by atoms with Gasteiger partial charge in [-0.2, -0.15) is 0 Å². The number of amides is 2. The molecule has 1 aromatic carbocycles. The summed E-state index contributed by atoms with van der Waals surface area (Å²) in [6, 6.07) is 9.61. The monoisotopic (exact) mass is 500 g/mol. The third-order valence-electron chi connectivity index (χ3n) is 7.44. The van der Waals surface area contributed by atoms with Crippen LogP contribution in [0.5, 0.6) is 5.75 Å². The van der Waals surface area contributed by atoms with Gasteiger partial charge in [-0.05, 0) is 61.6 Å². The molecule has 2 fully saturated rings. The Morgan fingerprint density at radius 3 is 2.46 bits per heavy atom. The van der Waals surface area contributed by atoms with E-state index in [1.54, 1.807) is 16.7 Å². The number of carbonyl (C=O) groups is 1. The molecule has 1 aliphatic carbocycles. The summed E-state index contributed by atoms with van der Waals surface area (Å²) >= 11 is 0. The van der Waals surface area contributed by atoms with E-state index in [4.69, 9.17) is 4.74 Å². The van der Waals surface area contributed by atoms with Crippen LogP contribution in [-0.2, 0) is 16.6 Å². The third-order valence-corrected chi connectivity index (χ3v) is 8.82. The van der Waals surface area contributed by atoms with Gasteiger partial charge in [-0.15, -0.1) is 0 Å². The highest BCUT2D eigenvalue weighted by atomic mass is 32.2. The summed E-state index contributed by atoms with van der Waals surface area (Å²) in [6.07, 6.45) is 6.57. The lowest BCUT2D eigenvalue weighted by molar-refractivity contribution is 0.127. The van der Waals surface area contributed by atoms with E-state index in [1.807, 2.05) is 11.0 Å². The Morgan fingerprint density at radius 2 is 1.74 bits per heavy atom. The molecule has 188 valence electrons. The Bertz CT molecular complexity index is 1250. The largest absolute Gasteiger partial charge is 0.497 e. The number of nitrogens with zero attached hydrogens (tertiary/aromatic N) is 2. The van der Waals surface area contributed by atoms with Crippen molar-refractivity contribution in [3.05, 3.63) is 52.4 Å². The van der Waals surface area contributed by atoms with Gasteiger partial charge in [0.15, 0.2) is 0 Å². The molecular weight excluding hydrogens is 468 g/mol. The average Bonchev–Trinajstić information content (AvgIpc) is 2.86. The number of piperidine rings is 1. The number of sulfonamides is 1. The predicted octanol–water partition coefficient (Wildman–Crippen LogP) is 3.12. The van der Waals surface area contributed by atoms with E-state index in [1.165, 1.54) is 31.7 Å². The average molecular weight is 501 g/mol. The number of hydrogen-bond donors (Lipinski definition) is 2. The molecule has 3 aliphatic rings. The number of methoxy groups -OCH3 is 1. The zero-order chi connectivity index (χ0) is 24.6. The van der Waals surface area contributed by atoms with Crippen molar-refractivity contribution in [2.75, 3.05) is 24.9 Å². The first-order chi connectivity index (χ1) is 16.8. The number of ether oxygens (including phenoxy) is 1. The molecule has 2 atom stereocenters. The summed E-state index contributed by atoms with van der Waals surface area (Å²) in [6.45, 7) is 1.63. The zero-order valence-electron chi connectivity index (χ0n) is 19.9. The van der Waals surface area contributed by atoms with Crippen molar-refractivity contribution in [2.45, 2.75) is 61.9 Å². The normalized spacial score (nSPS) is 22.3. The van der Waals surface area contributed by atoms with Gasteiger partial charge in [0.1, 0.15) is 11.4 Å². The second kappa shape index (κ2) is 9.56. The summed E-state index contributed by atoms with van der Waals surface area (Å²) in [4.78, 5) is 28.1. The number of carbonyl (C=O) groups excluding carboxylic acids is 1. The van der Waals surface area contributed by atoms with Crippen molar-refractivity contribution >= 4 is 21.7 Å². The first-order valence-electron chi connectivity index (χ1n) is 12.3. The first kappa shape index (κ1) is 23.7. The molecule has 35 heavy (non-hydrogen) atoms. The van der Waals surface area contributed by atoms with E-state index >= 15 is 0 Å². The molecule has 9 nitrogen and oxygen atoms in total. The summed E-state index contributed by atoms with van der Waals surface area (Å²) in [5.74, 6) is 0.759. The van der Waals surface area contributed by atoms with Gasteiger partial charge in [0, 0.05) is 37.3 Å². The fourth-order valence-corrected chi connectivity index (χ4v) is 6.72. The number of pyridine rings is 1. The van der Waals surface area contributed by atoms with E-state index in [9.17, 15) is 18.0 Å². The molecule has 1 saturated carbocycles. The van der Waals surface area contributed by atoms with Crippen LogP contribution < -0.4 is 20.3 Å². The van der Waals surface area contributed by atoms with Crippen LogP contribution in [0.4, 0.5) is 10.5 Å². The summed E-state index contributed by atoms with van der Waals surface area (Å²) in [5.41, 5.74) is 0.527. The summed E-state index contributed by atoms with van der Waals surface area (Å²) in [7, 11) is -2.41. The number of hydrogen-bond acceptors (Lipinski definition) is 5. The molecular formula is C25H32N4O5S. The van der Waals surface area contributed by atoms with E-state index in [-0.39, 0.29) is 40.1 Å². The maximum absolute atomic E-state index is 13.3. The molecule has 2 bridgehead atoms. The summed E-state index contributed by atoms with van der Waals surface area (Å²) < 4.78 is 34.9. The number of anilines is 1. The lowest BCUT2D eigenvalue weighted by Crippen LogP contribution is -2.53. The Labute approximate surface area is 205 Å². The maximum atomic E-state index is 13.3. The number of aromatic nitrogens is 1. The smallest absolute Gasteiger partial charge is 0.317 e. The topological polar surface area (TPSA) is 110 Å². The molecule has 10 heteroatoms. The van der Waals surface area contributed by atoms with Crippen molar-refractivity contribution in [2.24, 2.45) is 5.92 Å². The van der Waals surface area contributed by atoms with Gasteiger partial charge in [-0.1, -0.05) is 19.3 Å². The van der Waals surface area contributed by atoms with E-state index in [2.05, 4.69) is 10.0 Å². The Kier molecular flexibility index (Phi) is 6.48. The highest BCUT2D eigenvalue weighted by Crippen LogP contribution is 2.35. The minimum absolute atomic E-state index is 0.00808. The van der Waals surface area contributed by atoms with Crippen molar-refractivity contribution in [3.63, 3.8) is 0 Å². The lowest BCUT2D eigenvalue weighted by Gasteiger charge is -2.43. The van der Waals surface area contributed by atoms with Crippen LogP contribution in [0.2, 0.25) is 0 Å². The Balaban J connectivity index is 1.32. The van der Waals surface area contributed by atoms with Crippen LogP contribution in [0.1, 0.15) is 50.1 Å². The number of rotatable bonds is 5. The third kappa shape index (κ3) is 4.89. The van der Waals surface area contributed by atoms with Crippen molar-refractivity contribution < 1.29 is 17.9 Å². The number of likely N-dealkylation sites (tertiary alicyclic amines) is 1. The van der Waals surface area contributed by atoms with Crippen LogP contribution in [0.15, 0.2) is 46.1 Å². The number of fused-ring (bicyclic) bond motifs is 4. The Hall–Kier alpha value is -3.01. The predicted molar refractivity (Wildman–Crippen MR) is 132 cm³/mol. The molecule has 2 amide bonds. The van der Waals surface area contributed by atoms with Crippen LogP contribution in [0.3, 0.4) is 0 Å². The first-order valence-corrected chi connectivity index (χ1v) is 13.8. The second-order valence-electron chi connectivity index (χ2n) is 9.86. The molecule has 2 aromatic rings. The number of nitrogens with one attached hydrogen (secondary N) is 2. The quantitative estimate of drug-likeness (QED) is 0.656. The molecule has 1 aromatic heterocycles. The molecule has 1 saturated heterocycles. The summed E-state index contributed by atoms with van der Waals surface area (Å²) in [5, 5.41) is 3.20. The van der Waals surface area contributed by atoms with Crippen LogP contribution in [0.25, 0.3) is 0 Å². The van der Waals surface area contributed by atoms with Gasteiger partial charge in [0.05, 0.1) is 12.0 Å². The van der Waals surface area contributed by atoms with Gasteiger partial charge >= 0.3 is 6.03 Å². The highest BCUT2D eigenvalue weighted by molar-refractivity contribution is 7.92. The van der Waals surface area contributed by atoms with Gasteiger partial charge in [0.2, 0.25) is 0 Å². The van der Waals surface area contributed by atoms with E-state index < -0.39 is 10.0 Å². The number of benzene rings is 1. The molecule has 5 rings (SSSR count). The maximum Gasteiger partial charge on any atom is 0.317 e. The second-order valence-corrected chi connectivity index (χ2v) is 11.5. The van der Waals surface area contributed by atoms with Crippen molar-refractivity contribution in [1.29, 1.82) is 0 Å². The van der Waals surface area contributed by atoms with Crippen LogP contribution in [-0.4, -0.2) is 50.2 Å². The molecule has 0 spiro atoms. The minimum Gasteiger partial charge on any atom is -0.497 e. The van der Waals surface area contributed by atoms with Gasteiger partial charge in [-0.3, -0.25) is 9.52 Å². The molecule has 0 radical (unpaired) electrons. The Morgan fingerprint density at radius 1 is 1.00 bits per heavy atom. The molecule has 2 N–H and O–H groups in total. The molecule has 2 aliphatic heterocycles. The molecule has 0 unspecified atom stereocenters. The van der Waals surface area contributed by atoms with Crippen LogP contribution >= 0.6 is 0 Å². The lowest BCUT2D eigenvalue weighted by atomic mass is 9.83. The van der Waals surface area contributed by atoms with Crippen LogP contribution in [0, 0.1) is 5.92 Å². The van der Waals surface area contributed by atoms with Gasteiger partial charge < -0.3 is 19.5 Å². The fraction of sp³-hybridized carbons (Fsp3) is 0.520. The van der Waals surface area contributed by atoms with E-state index in [0.717, 1.165) is 37.8 Å². The highest BCUT2D eigenvalue weighted by Gasteiger charge is 2.37. The van der Waals surface area contributed by atoms with Crippen molar-refractivity contribution in [3.8, 4) is 5.75 Å². The van der Waals surface area contributed by atoms with Gasteiger partial charge in [0.25, 0.3) is 15.6 Å². The fourth-order valence-electron chi connectivity index (χ4n) is 5.66. The number of urea groups is 1. The molecule has 3 heterocycles. The van der Waals surface area contributed by atoms with Gasteiger partial charge in [-0.25, -0.2) is 13.2 Å². The van der Waals surface area contributed by atoms with E-state index in [0.29, 0.717) is 25.4 Å². The standard InChI is InChI=1S/C25H32N4O5S/c1-34-20-7-9-21(10-8-20)35(32,33)27-22-11-12-23-18-13-17(15-29(23)24(22)30)14-28(16-18)25(31)26-19-5-3-2-4-6-19/h7-12,17-19,27H,2-6,13-16H2,1H3,(H,26,31)/t17-,18-/m1/s1. The SMILES string of the molecule is COc1ccc(S(=O)(=O)Nc2ccc3n(c2=O)C[C@@H]2C[C@@H]3CN(C(=O)NC3CCCCC3)C2)cc1. The minimum atomic E-state index is -3.92. The van der Waals surface area contributed by atoms with Crippen molar-refractivity contribution in [1.82, 2.24) is 14.8 Å². The zero-order valence-corrected chi connectivity index (χ0v) is 20.7.